The van der Waals surface area contributed by atoms with Gasteiger partial charge in [-0.25, -0.2) is 0 Å². The van der Waals surface area contributed by atoms with E-state index in [9.17, 15) is 0 Å². The van der Waals surface area contributed by atoms with E-state index in [1.165, 1.54) is 0 Å². The summed E-state index contributed by atoms with van der Waals surface area (Å²) in [6, 6.07) is 0. The number of rotatable bonds is 11. The minimum absolute atomic E-state index is 0.340. The van der Waals surface area contributed by atoms with Gasteiger partial charge in [-0.15, -0.1) is 0 Å². The number of guanidine groups is 1. The summed E-state index contributed by atoms with van der Waals surface area (Å²) in [6.45, 7) is 12.2. The van der Waals surface area contributed by atoms with Crippen LogP contribution in [0.4, 0.5) is 0 Å². The van der Waals surface area contributed by atoms with Gasteiger partial charge in [-0.1, -0.05) is 0 Å². The molecule has 148 valence electrons. The highest BCUT2D eigenvalue weighted by Gasteiger charge is 2.21. The Morgan fingerprint density at radius 2 is 1.84 bits per heavy atom. The van der Waals surface area contributed by atoms with Crippen LogP contribution in [0.3, 0.4) is 0 Å². The van der Waals surface area contributed by atoms with Crippen molar-refractivity contribution in [3.05, 3.63) is 0 Å². The number of hydrogen-bond donors (Lipinski definition) is 2. The molecular formula is C18H39N5O2. The molecule has 0 aromatic carbocycles. The van der Waals surface area contributed by atoms with Crippen LogP contribution in [-0.4, -0.2) is 102 Å². The van der Waals surface area contributed by atoms with Gasteiger partial charge in [0.2, 0.25) is 0 Å². The molecule has 0 aliphatic carbocycles. The normalized spacial score (nSPS) is 22.4. The fraction of sp³-hybridized carbons (Fsp3) is 0.944. The summed E-state index contributed by atoms with van der Waals surface area (Å²) in [4.78, 5) is 9.09. The third-order valence-electron chi connectivity index (χ3n) is 4.34. The number of aliphatic imine (C=N–C) groups is 1. The number of nitrogens with one attached hydrogen (secondary N) is 2. The third kappa shape index (κ3) is 10.6. The number of ether oxygens (including phenoxy) is 2. The Morgan fingerprint density at radius 1 is 1.16 bits per heavy atom. The monoisotopic (exact) mass is 357 g/mol. The molecule has 7 heteroatoms. The first kappa shape index (κ1) is 22.2. The van der Waals surface area contributed by atoms with Crippen molar-refractivity contribution in [2.24, 2.45) is 4.99 Å². The number of methoxy groups -OCH3 is 1. The van der Waals surface area contributed by atoms with Gasteiger partial charge in [-0.05, 0) is 33.7 Å². The van der Waals surface area contributed by atoms with Crippen molar-refractivity contribution < 1.29 is 9.47 Å². The summed E-state index contributed by atoms with van der Waals surface area (Å²) in [6.07, 6.45) is 2.86. The summed E-state index contributed by atoms with van der Waals surface area (Å²) in [5.74, 6) is 0.883. The Kier molecular flexibility index (Phi) is 11.8. The van der Waals surface area contributed by atoms with Gasteiger partial charge in [0.1, 0.15) is 0 Å². The Morgan fingerprint density at radius 3 is 2.48 bits per heavy atom. The van der Waals surface area contributed by atoms with E-state index < -0.39 is 0 Å². The standard InChI is InChI=1S/C18H39N5O2/c1-16-14-23(15-17(2)25-16)11-6-8-20-18(19-3)21-9-12-22(4)10-7-13-24-5/h16-17H,6-15H2,1-5H3,(H2,19,20,21). The van der Waals surface area contributed by atoms with Gasteiger partial charge in [0.25, 0.3) is 0 Å². The molecule has 1 fully saturated rings. The lowest BCUT2D eigenvalue weighted by atomic mass is 10.2. The molecule has 0 amide bonds. The lowest BCUT2D eigenvalue weighted by molar-refractivity contribution is -0.0679. The first-order valence-electron chi connectivity index (χ1n) is 9.55. The highest BCUT2D eigenvalue weighted by molar-refractivity contribution is 5.79. The summed E-state index contributed by atoms with van der Waals surface area (Å²) >= 11 is 0. The predicted molar refractivity (Wildman–Crippen MR) is 104 cm³/mol. The van der Waals surface area contributed by atoms with Crippen molar-refractivity contribution in [1.82, 2.24) is 20.4 Å². The van der Waals surface area contributed by atoms with Crippen LogP contribution in [-0.2, 0) is 9.47 Å². The number of hydrogen-bond acceptors (Lipinski definition) is 5. The maximum atomic E-state index is 5.78. The molecule has 1 aliphatic rings. The quantitative estimate of drug-likeness (QED) is 0.321. The molecule has 0 aromatic heterocycles. The van der Waals surface area contributed by atoms with Crippen molar-refractivity contribution >= 4 is 5.96 Å². The number of likely N-dealkylation sites (N-methyl/N-ethyl adjacent to an activating group) is 1. The second-order valence-corrected chi connectivity index (χ2v) is 6.95. The maximum absolute atomic E-state index is 5.78. The lowest BCUT2D eigenvalue weighted by Gasteiger charge is -2.35. The molecule has 0 spiro atoms. The molecule has 25 heavy (non-hydrogen) atoms. The van der Waals surface area contributed by atoms with E-state index in [1.54, 1.807) is 7.11 Å². The molecule has 1 saturated heterocycles. The second kappa shape index (κ2) is 13.3. The van der Waals surface area contributed by atoms with Crippen molar-refractivity contribution in [3.63, 3.8) is 0 Å². The molecule has 1 heterocycles. The fourth-order valence-electron chi connectivity index (χ4n) is 3.15. The van der Waals surface area contributed by atoms with Gasteiger partial charge in [-0.3, -0.25) is 9.89 Å². The molecule has 0 saturated carbocycles. The highest BCUT2D eigenvalue weighted by Crippen LogP contribution is 2.10. The van der Waals surface area contributed by atoms with Gasteiger partial charge < -0.3 is 25.0 Å². The van der Waals surface area contributed by atoms with Crippen molar-refractivity contribution in [2.45, 2.75) is 38.9 Å². The second-order valence-electron chi connectivity index (χ2n) is 6.95. The molecule has 0 radical (unpaired) electrons. The topological polar surface area (TPSA) is 61.4 Å². The molecule has 2 unspecified atom stereocenters. The SMILES string of the molecule is CN=C(NCCCN1CC(C)OC(C)C1)NCCN(C)CCCOC. The fourth-order valence-corrected chi connectivity index (χ4v) is 3.15. The number of nitrogens with zero attached hydrogens (tertiary/aromatic N) is 3. The minimum atomic E-state index is 0.340. The molecule has 0 bridgehead atoms. The molecule has 2 N–H and O–H groups in total. The lowest BCUT2D eigenvalue weighted by Crippen LogP contribution is -2.46. The molecule has 2 atom stereocenters. The Bertz CT molecular complexity index is 357. The van der Waals surface area contributed by atoms with Crippen LogP contribution < -0.4 is 10.6 Å². The van der Waals surface area contributed by atoms with E-state index in [-0.39, 0.29) is 0 Å². The van der Waals surface area contributed by atoms with Gasteiger partial charge in [0.15, 0.2) is 5.96 Å². The summed E-state index contributed by atoms with van der Waals surface area (Å²) in [5.41, 5.74) is 0. The van der Waals surface area contributed by atoms with E-state index in [4.69, 9.17) is 9.47 Å². The average molecular weight is 358 g/mol. The van der Waals surface area contributed by atoms with Crippen LogP contribution in [0.15, 0.2) is 4.99 Å². The van der Waals surface area contributed by atoms with Gasteiger partial charge in [0.05, 0.1) is 12.2 Å². The predicted octanol–water partition coefficient (Wildman–Crippen LogP) is 0.619. The Hall–Kier alpha value is -0.890. The summed E-state index contributed by atoms with van der Waals surface area (Å²) in [7, 11) is 5.71. The van der Waals surface area contributed by atoms with Gasteiger partial charge in [0, 0.05) is 66.6 Å². The first-order valence-corrected chi connectivity index (χ1v) is 9.55. The molecule has 1 aliphatic heterocycles. The summed E-state index contributed by atoms with van der Waals surface area (Å²) < 4.78 is 10.9. The minimum Gasteiger partial charge on any atom is -0.385 e. The zero-order valence-electron chi connectivity index (χ0n) is 16.9. The molecule has 1 rings (SSSR count). The largest absolute Gasteiger partial charge is 0.385 e. The van der Waals surface area contributed by atoms with E-state index in [0.29, 0.717) is 12.2 Å². The van der Waals surface area contributed by atoms with Crippen molar-refractivity contribution in [2.75, 3.05) is 73.6 Å². The van der Waals surface area contributed by atoms with Crippen molar-refractivity contribution in [3.8, 4) is 0 Å². The maximum Gasteiger partial charge on any atom is 0.191 e. The van der Waals surface area contributed by atoms with Gasteiger partial charge >= 0.3 is 0 Å². The average Bonchev–Trinajstić information content (AvgIpc) is 2.56. The molecular weight excluding hydrogens is 318 g/mol. The third-order valence-corrected chi connectivity index (χ3v) is 4.34. The van der Waals surface area contributed by atoms with E-state index in [1.807, 2.05) is 7.05 Å². The van der Waals surface area contributed by atoms with Crippen LogP contribution in [0.5, 0.6) is 0 Å². The van der Waals surface area contributed by atoms with Crippen LogP contribution in [0.2, 0.25) is 0 Å². The van der Waals surface area contributed by atoms with Crippen LogP contribution >= 0.6 is 0 Å². The van der Waals surface area contributed by atoms with Crippen LogP contribution in [0, 0.1) is 0 Å². The zero-order chi connectivity index (χ0) is 18.5. The molecule has 7 nitrogen and oxygen atoms in total. The zero-order valence-corrected chi connectivity index (χ0v) is 16.9. The molecule has 0 aromatic rings. The van der Waals surface area contributed by atoms with Gasteiger partial charge in [-0.2, -0.15) is 0 Å². The Balaban J connectivity index is 2.08. The number of morpholine rings is 1. The summed E-state index contributed by atoms with van der Waals surface area (Å²) in [5, 5.41) is 6.78. The smallest absolute Gasteiger partial charge is 0.191 e. The van der Waals surface area contributed by atoms with E-state index in [2.05, 4.69) is 46.3 Å². The van der Waals surface area contributed by atoms with E-state index in [0.717, 1.165) is 71.2 Å². The Labute approximate surface area is 154 Å². The highest BCUT2D eigenvalue weighted by atomic mass is 16.5. The van der Waals surface area contributed by atoms with Crippen LogP contribution in [0.1, 0.15) is 26.7 Å². The van der Waals surface area contributed by atoms with Crippen molar-refractivity contribution in [1.29, 1.82) is 0 Å². The van der Waals surface area contributed by atoms with E-state index >= 15 is 0 Å². The van der Waals surface area contributed by atoms with Crippen LogP contribution in [0.25, 0.3) is 0 Å². The first-order chi connectivity index (χ1) is 12.0.